The van der Waals surface area contributed by atoms with E-state index in [0.717, 1.165) is 22.4 Å². The zero-order chi connectivity index (χ0) is 22.3. The molecule has 0 aliphatic heterocycles. The van der Waals surface area contributed by atoms with Gasteiger partial charge in [-0.25, -0.2) is 4.79 Å². The second kappa shape index (κ2) is 9.86. The molecule has 0 fully saturated rings. The fourth-order valence-electron chi connectivity index (χ4n) is 3.15. The highest BCUT2D eigenvalue weighted by molar-refractivity contribution is 6.13. The van der Waals surface area contributed by atoms with Gasteiger partial charge in [0, 0.05) is 17.5 Å². The topological polar surface area (TPSA) is 62.5 Å². The molecular formula is C27H26N2O2. The van der Waals surface area contributed by atoms with Gasteiger partial charge in [-0.2, -0.15) is 5.26 Å². The van der Waals surface area contributed by atoms with Crippen LogP contribution in [0.2, 0.25) is 0 Å². The third-order valence-electron chi connectivity index (χ3n) is 4.57. The molecule has 4 nitrogen and oxygen atoms in total. The molecule has 3 aromatic rings. The van der Waals surface area contributed by atoms with E-state index >= 15 is 0 Å². The van der Waals surface area contributed by atoms with Gasteiger partial charge in [-0.15, -0.1) is 0 Å². The van der Waals surface area contributed by atoms with E-state index in [9.17, 15) is 4.79 Å². The first-order valence-corrected chi connectivity index (χ1v) is 10.3. The van der Waals surface area contributed by atoms with Crippen LogP contribution >= 0.6 is 0 Å². The molecule has 3 rings (SSSR count). The Morgan fingerprint density at radius 3 is 1.87 bits per heavy atom. The second-order valence-electron chi connectivity index (χ2n) is 8.27. The van der Waals surface area contributed by atoms with Crippen molar-refractivity contribution in [1.82, 2.24) is 0 Å². The van der Waals surface area contributed by atoms with Crippen molar-refractivity contribution in [2.24, 2.45) is 4.99 Å². The number of nitriles is 1. The van der Waals surface area contributed by atoms with Crippen LogP contribution in [0.4, 0.5) is 0 Å². The lowest BCUT2D eigenvalue weighted by atomic mass is 10.00. The smallest absolute Gasteiger partial charge is 0.331 e. The maximum absolute atomic E-state index is 13.1. The summed E-state index contributed by atoms with van der Waals surface area (Å²) in [5.74, 6) is -0.374. The Hall–Kier alpha value is -3.71. The van der Waals surface area contributed by atoms with E-state index < -0.39 is 11.6 Å². The van der Waals surface area contributed by atoms with Crippen molar-refractivity contribution in [2.45, 2.75) is 38.8 Å². The van der Waals surface area contributed by atoms with Crippen molar-refractivity contribution in [2.75, 3.05) is 0 Å². The number of rotatable bonds is 6. The van der Waals surface area contributed by atoms with E-state index in [1.807, 2.05) is 93.6 Å². The third kappa shape index (κ3) is 6.38. The molecule has 0 saturated heterocycles. The summed E-state index contributed by atoms with van der Waals surface area (Å²) in [5.41, 5.74) is 3.49. The van der Waals surface area contributed by atoms with E-state index in [0.29, 0.717) is 12.0 Å². The minimum absolute atomic E-state index is 0.374. The maximum atomic E-state index is 13.1. The highest BCUT2D eigenvalue weighted by Crippen LogP contribution is 2.18. The van der Waals surface area contributed by atoms with Gasteiger partial charge in [0.05, 0.1) is 17.3 Å². The van der Waals surface area contributed by atoms with Gasteiger partial charge in [0.1, 0.15) is 5.60 Å². The molecule has 0 aliphatic rings. The molecule has 0 amide bonds. The first kappa shape index (κ1) is 22.0. The normalized spacial score (nSPS) is 11.8. The van der Waals surface area contributed by atoms with E-state index in [1.165, 1.54) is 0 Å². The Kier molecular flexibility index (Phi) is 6.99. The second-order valence-corrected chi connectivity index (χ2v) is 8.27. The molecule has 3 aromatic carbocycles. The Labute approximate surface area is 183 Å². The Morgan fingerprint density at radius 1 is 0.903 bits per heavy atom. The number of ether oxygens (including phenoxy) is 1. The van der Waals surface area contributed by atoms with Crippen LogP contribution < -0.4 is 0 Å². The highest BCUT2D eigenvalue weighted by Gasteiger charge is 2.26. The molecule has 0 aromatic heterocycles. The Bertz CT molecular complexity index is 1030. The number of carbonyl (C=O) groups excluding carboxylic acids is 1. The Morgan fingerprint density at radius 2 is 1.42 bits per heavy atom. The van der Waals surface area contributed by atoms with E-state index in [-0.39, 0.29) is 5.97 Å². The molecule has 0 N–H and O–H groups in total. The van der Waals surface area contributed by atoms with Crippen LogP contribution in [0.1, 0.15) is 43.0 Å². The first-order valence-electron chi connectivity index (χ1n) is 10.3. The molecule has 0 unspecified atom stereocenters. The summed E-state index contributed by atoms with van der Waals surface area (Å²) in [6.07, 6.45) is 0.379. The van der Waals surface area contributed by atoms with Crippen LogP contribution in [0, 0.1) is 11.3 Å². The maximum Gasteiger partial charge on any atom is 0.331 e. The van der Waals surface area contributed by atoms with Crippen molar-refractivity contribution >= 4 is 11.7 Å². The van der Waals surface area contributed by atoms with Gasteiger partial charge >= 0.3 is 5.97 Å². The lowest BCUT2D eigenvalue weighted by Gasteiger charge is -2.23. The molecule has 0 spiro atoms. The molecular weight excluding hydrogens is 384 g/mol. The minimum atomic E-state index is -0.720. The van der Waals surface area contributed by atoms with Crippen LogP contribution in [-0.2, 0) is 16.0 Å². The standard InChI is InChI=1S/C27H26N2O2/c1-27(2,3)31-26(30)24(18-20-14-16-21(19-28)17-15-20)29-25(22-10-6-4-7-11-22)23-12-8-5-9-13-23/h4-17,24H,18H2,1-3H3/t24-/m1/s1. The quantitative estimate of drug-likeness (QED) is 0.407. The zero-order valence-electron chi connectivity index (χ0n) is 18.1. The summed E-state index contributed by atoms with van der Waals surface area (Å²) in [4.78, 5) is 18.0. The lowest BCUT2D eigenvalue weighted by molar-refractivity contribution is -0.156. The third-order valence-corrected chi connectivity index (χ3v) is 4.57. The average molecular weight is 411 g/mol. The largest absolute Gasteiger partial charge is 0.458 e. The molecule has 0 saturated carbocycles. The molecule has 31 heavy (non-hydrogen) atoms. The number of hydrogen-bond donors (Lipinski definition) is 0. The van der Waals surface area contributed by atoms with Gasteiger partial charge in [-0.1, -0.05) is 72.8 Å². The van der Waals surface area contributed by atoms with Crippen LogP contribution in [0.5, 0.6) is 0 Å². The van der Waals surface area contributed by atoms with Gasteiger partial charge in [0.15, 0.2) is 6.04 Å². The molecule has 4 heteroatoms. The summed E-state index contributed by atoms with van der Waals surface area (Å²) >= 11 is 0. The summed E-state index contributed by atoms with van der Waals surface area (Å²) in [5, 5.41) is 9.05. The number of esters is 1. The molecule has 156 valence electrons. The summed E-state index contributed by atoms with van der Waals surface area (Å²) in [6, 6.07) is 28.3. The van der Waals surface area contributed by atoms with Crippen LogP contribution in [-0.4, -0.2) is 23.3 Å². The highest BCUT2D eigenvalue weighted by atomic mass is 16.6. The van der Waals surface area contributed by atoms with Crippen LogP contribution in [0.25, 0.3) is 0 Å². The number of hydrogen-bond acceptors (Lipinski definition) is 4. The fourth-order valence-corrected chi connectivity index (χ4v) is 3.15. The molecule has 1 atom stereocenters. The predicted octanol–water partition coefficient (Wildman–Crippen LogP) is 5.35. The van der Waals surface area contributed by atoms with Crippen molar-refractivity contribution in [3.63, 3.8) is 0 Å². The van der Waals surface area contributed by atoms with Crippen molar-refractivity contribution < 1.29 is 9.53 Å². The van der Waals surface area contributed by atoms with Crippen molar-refractivity contribution in [3.8, 4) is 6.07 Å². The van der Waals surface area contributed by atoms with Gasteiger partial charge in [0.2, 0.25) is 0 Å². The van der Waals surface area contributed by atoms with Gasteiger partial charge in [-0.05, 0) is 38.5 Å². The van der Waals surface area contributed by atoms with Crippen LogP contribution in [0.3, 0.4) is 0 Å². The first-order chi connectivity index (χ1) is 14.9. The fraction of sp³-hybridized carbons (Fsp3) is 0.222. The monoisotopic (exact) mass is 410 g/mol. The Balaban J connectivity index is 2.05. The van der Waals surface area contributed by atoms with E-state index in [1.54, 1.807) is 12.1 Å². The van der Waals surface area contributed by atoms with Gasteiger partial charge in [0.25, 0.3) is 0 Å². The van der Waals surface area contributed by atoms with E-state index in [4.69, 9.17) is 15.0 Å². The number of nitrogens with zero attached hydrogens (tertiary/aromatic N) is 2. The number of benzene rings is 3. The average Bonchev–Trinajstić information content (AvgIpc) is 2.77. The lowest BCUT2D eigenvalue weighted by Crippen LogP contribution is -2.33. The van der Waals surface area contributed by atoms with Crippen molar-refractivity contribution in [3.05, 3.63) is 107 Å². The summed E-state index contributed by atoms with van der Waals surface area (Å²) < 4.78 is 5.69. The van der Waals surface area contributed by atoms with Gasteiger partial charge in [-0.3, -0.25) is 4.99 Å². The predicted molar refractivity (Wildman–Crippen MR) is 123 cm³/mol. The number of aliphatic imine (C=N–C) groups is 1. The molecule has 0 radical (unpaired) electrons. The molecule has 0 bridgehead atoms. The summed E-state index contributed by atoms with van der Waals surface area (Å²) in [7, 11) is 0. The molecule has 0 aliphatic carbocycles. The number of carbonyl (C=O) groups is 1. The minimum Gasteiger partial charge on any atom is -0.458 e. The van der Waals surface area contributed by atoms with Crippen LogP contribution in [0.15, 0.2) is 89.9 Å². The SMILES string of the molecule is CC(C)(C)OC(=O)[C@@H](Cc1ccc(C#N)cc1)N=C(c1ccccc1)c1ccccc1. The molecule has 0 heterocycles. The van der Waals surface area contributed by atoms with Gasteiger partial charge < -0.3 is 4.74 Å². The van der Waals surface area contributed by atoms with E-state index in [2.05, 4.69) is 6.07 Å². The summed E-state index contributed by atoms with van der Waals surface area (Å²) in [6.45, 7) is 5.55. The van der Waals surface area contributed by atoms with Crippen molar-refractivity contribution in [1.29, 1.82) is 5.26 Å². The zero-order valence-corrected chi connectivity index (χ0v) is 18.1.